The van der Waals surface area contributed by atoms with E-state index in [1.165, 1.54) is 11.8 Å². The number of hydrogen-bond acceptors (Lipinski definition) is 6. The predicted octanol–water partition coefficient (Wildman–Crippen LogP) is 4.77. The van der Waals surface area contributed by atoms with Crippen molar-refractivity contribution in [1.29, 1.82) is 0 Å². The summed E-state index contributed by atoms with van der Waals surface area (Å²) < 4.78 is 7.50. The quantitative estimate of drug-likeness (QED) is 0.413. The van der Waals surface area contributed by atoms with Crippen molar-refractivity contribution in [2.75, 3.05) is 12.4 Å². The largest absolute Gasteiger partial charge is 0.495 e. The molecule has 0 spiro atoms. The van der Waals surface area contributed by atoms with Gasteiger partial charge in [-0.2, -0.15) is 0 Å². The summed E-state index contributed by atoms with van der Waals surface area (Å²) in [6.45, 7) is 3.82. The first-order chi connectivity index (χ1) is 15.6. The van der Waals surface area contributed by atoms with E-state index in [0.29, 0.717) is 16.7 Å². The number of pyridine rings is 1. The molecule has 0 aliphatic rings. The number of rotatable bonds is 7. The summed E-state index contributed by atoms with van der Waals surface area (Å²) in [5.41, 5.74) is 3.46. The number of methoxy groups -OCH3 is 1. The molecule has 0 fully saturated rings. The second kappa shape index (κ2) is 9.65. The molecule has 1 atom stereocenters. The maximum absolute atomic E-state index is 12.9. The Balaban J connectivity index is 1.69. The van der Waals surface area contributed by atoms with Gasteiger partial charge in [-0.1, -0.05) is 42.1 Å². The molecule has 2 aromatic carbocycles. The zero-order valence-corrected chi connectivity index (χ0v) is 18.8. The summed E-state index contributed by atoms with van der Waals surface area (Å²) in [7, 11) is 1.63. The fraction of sp³-hybridized carbons (Fsp3) is 0.167. The van der Waals surface area contributed by atoms with Crippen molar-refractivity contribution in [3.05, 3.63) is 78.6 Å². The van der Waals surface area contributed by atoms with Gasteiger partial charge in [-0.15, -0.1) is 10.2 Å². The highest BCUT2D eigenvalue weighted by Crippen LogP contribution is 2.34. The molecule has 1 amide bonds. The van der Waals surface area contributed by atoms with E-state index in [1.54, 1.807) is 19.5 Å². The van der Waals surface area contributed by atoms with Crippen molar-refractivity contribution in [3.63, 3.8) is 0 Å². The first kappa shape index (κ1) is 21.6. The van der Waals surface area contributed by atoms with Crippen molar-refractivity contribution in [2.45, 2.75) is 24.3 Å². The van der Waals surface area contributed by atoms with Crippen LogP contribution in [0.3, 0.4) is 0 Å². The third-order valence-electron chi connectivity index (χ3n) is 4.95. The number of thioether (sulfide) groups is 1. The molecule has 0 bridgehead atoms. The smallest absolute Gasteiger partial charge is 0.237 e. The number of carbonyl (C=O) groups is 1. The number of amides is 1. The summed E-state index contributed by atoms with van der Waals surface area (Å²) in [5.74, 6) is 1.22. The van der Waals surface area contributed by atoms with Gasteiger partial charge < -0.3 is 10.1 Å². The van der Waals surface area contributed by atoms with Crippen LogP contribution < -0.4 is 10.1 Å². The number of hydrogen-bond donors (Lipinski definition) is 1. The molecule has 32 heavy (non-hydrogen) atoms. The van der Waals surface area contributed by atoms with Crippen molar-refractivity contribution >= 4 is 23.4 Å². The van der Waals surface area contributed by atoms with Gasteiger partial charge in [-0.25, -0.2) is 0 Å². The molecule has 0 aliphatic heterocycles. The normalized spacial score (nSPS) is 11.7. The molecule has 162 valence electrons. The van der Waals surface area contributed by atoms with Crippen molar-refractivity contribution in [3.8, 4) is 22.8 Å². The lowest BCUT2D eigenvalue weighted by molar-refractivity contribution is -0.115. The van der Waals surface area contributed by atoms with Crippen LogP contribution in [0.2, 0.25) is 0 Å². The van der Waals surface area contributed by atoms with Gasteiger partial charge in [0.1, 0.15) is 5.75 Å². The Bertz CT molecular complexity index is 1230. The third kappa shape index (κ3) is 4.50. The molecule has 2 aromatic heterocycles. The number of aromatic nitrogens is 4. The molecular formula is C24H23N5O2S. The average molecular weight is 446 g/mol. The highest BCUT2D eigenvalue weighted by atomic mass is 32.2. The maximum atomic E-state index is 12.9. The molecule has 0 saturated carbocycles. The SMILES string of the molecule is COc1ccccc1-n1c(S[C@H](C)C(=O)Nc2ccccc2C)nnc1-c1ccncc1. The van der Waals surface area contributed by atoms with E-state index in [9.17, 15) is 4.79 Å². The zero-order valence-electron chi connectivity index (χ0n) is 18.0. The van der Waals surface area contributed by atoms with Crippen molar-refractivity contribution < 1.29 is 9.53 Å². The Morgan fingerprint density at radius 3 is 2.50 bits per heavy atom. The Kier molecular flexibility index (Phi) is 6.51. The van der Waals surface area contributed by atoms with E-state index < -0.39 is 5.25 Å². The highest BCUT2D eigenvalue weighted by molar-refractivity contribution is 8.00. The molecular weight excluding hydrogens is 422 g/mol. The van der Waals surface area contributed by atoms with Gasteiger partial charge >= 0.3 is 0 Å². The molecule has 4 aromatic rings. The molecule has 1 N–H and O–H groups in total. The standard InChI is InChI=1S/C24H23N5O2S/c1-16-8-4-5-9-19(16)26-23(30)17(2)32-24-28-27-22(18-12-14-25-15-13-18)29(24)20-10-6-7-11-21(20)31-3/h4-15,17H,1-3H3,(H,26,30)/t17-/m1/s1. The molecule has 7 nitrogen and oxygen atoms in total. The van der Waals surface area contributed by atoms with Crippen LogP contribution in [0.15, 0.2) is 78.2 Å². The summed E-state index contributed by atoms with van der Waals surface area (Å²) in [6, 6.07) is 19.1. The van der Waals surface area contributed by atoms with Crippen molar-refractivity contribution in [1.82, 2.24) is 19.7 Å². The van der Waals surface area contributed by atoms with Gasteiger partial charge in [-0.05, 0) is 49.7 Å². The number of benzene rings is 2. The van der Waals surface area contributed by atoms with Crippen LogP contribution in [-0.4, -0.2) is 38.0 Å². The van der Waals surface area contributed by atoms with Crippen LogP contribution >= 0.6 is 11.8 Å². The van der Waals surface area contributed by atoms with Crippen LogP contribution in [0.4, 0.5) is 5.69 Å². The Morgan fingerprint density at radius 1 is 1.03 bits per heavy atom. The number of carbonyl (C=O) groups excluding carboxylic acids is 1. The zero-order chi connectivity index (χ0) is 22.5. The fourth-order valence-corrected chi connectivity index (χ4v) is 4.09. The number of aryl methyl sites for hydroxylation is 1. The molecule has 8 heteroatoms. The summed E-state index contributed by atoms with van der Waals surface area (Å²) >= 11 is 1.34. The van der Waals surface area contributed by atoms with Crippen LogP contribution in [0.25, 0.3) is 17.1 Å². The predicted molar refractivity (Wildman–Crippen MR) is 126 cm³/mol. The lowest BCUT2D eigenvalue weighted by atomic mass is 10.2. The first-order valence-electron chi connectivity index (χ1n) is 10.1. The van der Waals surface area contributed by atoms with E-state index in [2.05, 4.69) is 20.5 Å². The number of anilines is 1. The van der Waals surface area contributed by atoms with Gasteiger partial charge in [0, 0.05) is 23.6 Å². The number of ether oxygens (including phenoxy) is 1. The third-order valence-corrected chi connectivity index (χ3v) is 5.99. The van der Waals surface area contributed by atoms with E-state index in [1.807, 2.05) is 79.1 Å². The Morgan fingerprint density at radius 2 is 1.75 bits per heavy atom. The van der Waals surface area contributed by atoms with Crippen LogP contribution in [-0.2, 0) is 4.79 Å². The molecule has 0 saturated heterocycles. The van der Waals surface area contributed by atoms with E-state index in [0.717, 1.165) is 22.5 Å². The minimum Gasteiger partial charge on any atom is -0.495 e. The van der Waals surface area contributed by atoms with Gasteiger partial charge in [0.2, 0.25) is 5.91 Å². The van der Waals surface area contributed by atoms with Crippen molar-refractivity contribution in [2.24, 2.45) is 0 Å². The minimum absolute atomic E-state index is 0.107. The molecule has 0 aliphatic carbocycles. The van der Waals surface area contributed by atoms with Crippen LogP contribution in [0.1, 0.15) is 12.5 Å². The molecule has 2 heterocycles. The van der Waals surface area contributed by atoms with E-state index in [-0.39, 0.29) is 5.91 Å². The number of para-hydroxylation sites is 3. The summed E-state index contributed by atoms with van der Waals surface area (Å²) in [4.78, 5) is 17.0. The second-order valence-corrected chi connectivity index (χ2v) is 8.42. The van der Waals surface area contributed by atoms with Gasteiger partial charge in [0.05, 0.1) is 18.0 Å². The Hall–Kier alpha value is -3.65. The van der Waals surface area contributed by atoms with Crippen LogP contribution in [0.5, 0.6) is 5.75 Å². The molecule has 4 rings (SSSR count). The molecule has 0 radical (unpaired) electrons. The number of nitrogens with zero attached hydrogens (tertiary/aromatic N) is 4. The first-order valence-corrected chi connectivity index (χ1v) is 11.0. The highest BCUT2D eigenvalue weighted by Gasteiger charge is 2.23. The lowest BCUT2D eigenvalue weighted by Gasteiger charge is -2.16. The maximum Gasteiger partial charge on any atom is 0.237 e. The summed E-state index contributed by atoms with van der Waals surface area (Å²) in [5, 5.41) is 12.0. The van der Waals surface area contributed by atoms with E-state index in [4.69, 9.17) is 4.74 Å². The lowest BCUT2D eigenvalue weighted by Crippen LogP contribution is -2.23. The van der Waals surface area contributed by atoms with Gasteiger partial charge in [-0.3, -0.25) is 14.3 Å². The van der Waals surface area contributed by atoms with E-state index >= 15 is 0 Å². The van der Waals surface area contributed by atoms with Gasteiger partial charge in [0.25, 0.3) is 0 Å². The van der Waals surface area contributed by atoms with Crippen LogP contribution in [0, 0.1) is 6.92 Å². The number of nitrogens with one attached hydrogen (secondary N) is 1. The average Bonchev–Trinajstić information content (AvgIpc) is 3.24. The fourth-order valence-electron chi connectivity index (χ4n) is 3.23. The minimum atomic E-state index is -0.405. The monoisotopic (exact) mass is 445 g/mol. The van der Waals surface area contributed by atoms with Gasteiger partial charge in [0.15, 0.2) is 11.0 Å². The summed E-state index contributed by atoms with van der Waals surface area (Å²) in [6.07, 6.45) is 3.42. The second-order valence-electron chi connectivity index (χ2n) is 7.11. The topological polar surface area (TPSA) is 81.9 Å². The Labute approximate surface area is 190 Å². The molecule has 0 unspecified atom stereocenters.